The van der Waals surface area contributed by atoms with Crippen molar-refractivity contribution in [1.82, 2.24) is 0 Å². The minimum atomic E-state index is -3.62. The van der Waals surface area contributed by atoms with E-state index in [0.717, 1.165) is 12.3 Å². The quantitative estimate of drug-likeness (QED) is 0.815. The minimum absolute atomic E-state index is 0.00782. The highest BCUT2D eigenvalue weighted by Gasteiger charge is 2.14. The van der Waals surface area contributed by atoms with E-state index in [1.54, 1.807) is 0 Å². The molecular weight excluding hydrogens is 226 g/mol. The molecule has 84 valence electrons. The van der Waals surface area contributed by atoms with Crippen molar-refractivity contribution in [3.05, 3.63) is 29.3 Å². The van der Waals surface area contributed by atoms with Crippen molar-refractivity contribution in [2.24, 2.45) is 5.73 Å². The number of nitrogens with one attached hydrogen (secondary N) is 1. The maximum atomic E-state index is 13.2. The fourth-order valence-corrected chi connectivity index (χ4v) is 1.58. The first-order chi connectivity index (χ1) is 6.85. The summed E-state index contributed by atoms with van der Waals surface area (Å²) in [6.45, 7) is -0.151. The van der Waals surface area contributed by atoms with E-state index in [0.29, 0.717) is 0 Å². The lowest BCUT2D eigenvalue weighted by molar-refractivity contribution is 0.502. The number of hydrogen-bond donors (Lipinski definition) is 2. The van der Waals surface area contributed by atoms with Gasteiger partial charge in [0.2, 0.25) is 10.0 Å². The summed E-state index contributed by atoms with van der Waals surface area (Å²) >= 11 is 0. The van der Waals surface area contributed by atoms with Crippen LogP contribution in [0.5, 0.6) is 0 Å². The van der Waals surface area contributed by atoms with Crippen LogP contribution in [0.25, 0.3) is 0 Å². The third-order valence-corrected chi connectivity index (χ3v) is 2.27. The van der Waals surface area contributed by atoms with E-state index < -0.39 is 27.3 Å². The Morgan fingerprint density at radius 2 is 1.93 bits per heavy atom. The fourth-order valence-electron chi connectivity index (χ4n) is 1.03. The Bertz CT molecular complexity index is 474. The Kier molecular flexibility index (Phi) is 3.25. The highest BCUT2D eigenvalue weighted by atomic mass is 32.2. The molecule has 1 aromatic carbocycles. The predicted octanol–water partition coefficient (Wildman–Crippen LogP) is 0.795. The van der Waals surface area contributed by atoms with Gasteiger partial charge in [0.1, 0.15) is 0 Å². The van der Waals surface area contributed by atoms with Gasteiger partial charge in [-0.3, -0.25) is 4.72 Å². The number of halogens is 2. The minimum Gasteiger partial charge on any atom is -0.326 e. The largest absolute Gasteiger partial charge is 0.326 e. The molecular formula is C8H10F2N2O2S. The van der Waals surface area contributed by atoms with E-state index in [-0.39, 0.29) is 12.1 Å². The molecule has 0 fully saturated rings. The van der Waals surface area contributed by atoms with Crippen molar-refractivity contribution in [2.75, 3.05) is 11.0 Å². The van der Waals surface area contributed by atoms with E-state index in [2.05, 4.69) is 0 Å². The lowest BCUT2D eigenvalue weighted by atomic mass is 10.2. The summed E-state index contributed by atoms with van der Waals surface area (Å²) in [5, 5.41) is 0. The number of anilines is 1. The van der Waals surface area contributed by atoms with Crippen LogP contribution in [0.15, 0.2) is 12.1 Å². The molecule has 4 nitrogen and oxygen atoms in total. The lowest BCUT2D eigenvalue weighted by Gasteiger charge is -2.07. The second kappa shape index (κ2) is 4.11. The second-order valence-corrected chi connectivity index (χ2v) is 4.73. The Morgan fingerprint density at radius 1 is 1.33 bits per heavy atom. The summed E-state index contributed by atoms with van der Waals surface area (Å²) in [4.78, 5) is 0. The van der Waals surface area contributed by atoms with Crippen molar-refractivity contribution in [3.8, 4) is 0 Å². The van der Waals surface area contributed by atoms with Crippen molar-refractivity contribution in [2.45, 2.75) is 6.54 Å². The van der Waals surface area contributed by atoms with Crippen LogP contribution in [-0.4, -0.2) is 14.7 Å². The monoisotopic (exact) mass is 236 g/mol. The van der Waals surface area contributed by atoms with E-state index in [9.17, 15) is 17.2 Å². The molecule has 7 heteroatoms. The maximum absolute atomic E-state index is 13.2. The van der Waals surface area contributed by atoms with E-state index in [1.165, 1.54) is 6.07 Å². The first kappa shape index (κ1) is 11.9. The van der Waals surface area contributed by atoms with Gasteiger partial charge in [0, 0.05) is 12.1 Å². The summed E-state index contributed by atoms with van der Waals surface area (Å²) in [7, 11) is -3.62. The molecule has 0 heterocycles. The Balaban J connectivity index is 3.18. The molecule has 0 aromatic heterocycles. The van der Waals surface area contributed by atoms with Gasteiger partial charge >= 0.3 is 0 Å². The molecule has 0 saturated carbocycles. The van der Waals surface area contributed by atoms with Crippen molar-refractivity contribution >= 4 is 15.7 Å². The smallest absolute Gasteiger partial charge is 0.229 e. The van der Waals surface area contributed by atoms with Crippen LogP contribution in [-0.2, 0) is 16.6 Å². The van der Waals surface area contributed by atoms with Gasteiger partial charge in [-0.25, -0.2) is 17.2 Å². The zero-order valence-electron chi connectivity index (χ0n) is 7.92. The van der Waals surface area contributed by atoms with E-state index in [1.807, 2.05) is 4.72 Å². The Morgan fingerprint density at radius 3 is 2.40 bits per heavy atom. The number of hydrogen-bond acceptors (Lipinski definition) is 3. The van der Waals surface area contributed by atoms with Gasteiger partial charge in [0.15, 0.2) is 11.6 Å². The molecule has 0 unspecified atom stereocenters. The molecule has 0 spiro atoms. The highest BCUT2D eigenvalue weighted by Crippen LogP contribution is 2.20. The van der Waals surface area contributed by atoms with Gasteiger partial charge in [-0.1, -0.05) is 6.07 Å². The molecule has 1 rings (SSSR count). The summed E-state index contributed by atoms with van der Waals surface area (Å²) in [6.07, 6.45) is 0.848. The topological polar surface area (TPSA) is 72.2 Å². The standard InChI is InChI=1S/C8H10F2N2O2S/c1-15(13,14)12-6-3-2-5(4-11)7(9)8(6)10/h2-3,12H,4,11H2,1H3. The third kappa shape index (κ3) is 2.87. The average Bonchev–Trinajstić information content (AvgIpc) is 2.11. The Labute approximate surface area is 86.1 Å². The normalized spacial score (nSPS) is 11.5. The molecule has 0 amide bonds. The third-order valence-electron chi connectivity index (χ3n) is 1.68. The number of nitrogens with two attached hydrogens (primary N) is 1. The molecule has 3 N–H and O–H groups in total. The average molecular weight is 236 g/mol. The van der Waals surface area contributed by atoms with Crippen molar-refractivity contribution < 1.29 is 17.2 Å². The van der Waals surface area contributed by atoms with E-state index >= 15 is 0 Å². The first-order valence-electron chi connectivity index (χ1n) is 4.00. The van der Waals surface area contributed by atoms with E-state index in [4.69, 9.17) is 5.73 Å². The molecule has 0 aliphatic carbocycles. The van der Waals surface area contributed by atoms with Crippen LogP contribution >= 0.6 is 0 Å². The van der Waals surface area contributed by atoms with Crippen LogP contribution < -0.4 is 10.5 Å². The van der Waals surface area contributed by atoms with Crippen molar-refractivity contribution in [3.63, 3.8) is 0 Å². The summed E-state index contributed by atoms with van der Waals surface area (Å²) in [5.41, 5.74) is 4.72. The molecule has 1 aromatic rings. The fraction of sp³-hybridized carbons (Fsp3) is 0.250. The van der Waals surface area contributed by atoms with Gasteiger partial charge in [0.05, 0.1) is 11.9 Å². The van der Waals surface area contributed by atoms with Gasteiger partial charge in [-0.2, -0.15) is 0 Å². The molecule has 0 atom stereocenters. The highest BCUT2D eigenvalue weighted by molar-refractivity contribution is 7.92. The second-order valence-electron chi connectivity index (χ2n) is 2.98. The van der Waals surface area contributed by atoms with Crippen molar-refractivity contribution in [1.29, 1.82) is 0 Å². The van der Waals surface area contributed by atoms with Crippen LogP contribution in [0.1, 0.15) is 5.56 Å². The molecule has 0 aliphatic heterocycles. The number of rotatable bonds is 3. The van der Waals surface area contributed by atoms with Crippen LogP contribution in [0.3, 0.4) is 0 Å². The predicted molar refractivity (Wildman–Crippen MR) is 52.7 cm³/mol. The molecule has 0 aliphatic rings. The number of benzene rings is 1. The SMILES string of the molecule is CS(=O)(=O)Nc1ccc(CN)c(F)c1F. The van der Waals surface area contributed by atoms with Gasteiger partial charge < -0.3 is 5.73 Å². The zero-order valence-corrected chi connectivity index (χ0v) is 8.74. The summed E-state index contributed by atoms with van der Waals surface area (Å²) < 4.78 is 49.8. The van der Waals surface area contributed by atoms with Crippen LogP contribution in [0.4, 0.5) is 14.5 Å². The molecule has 0 bridgehead atoms. The Hall–Kier alpha value is -1.21. The lowest BCUT2D eigenvalue weighted by Crippen LogP contribution is -2.12. The van der Waals surface area contributed by atoms with Crippen LogP contribution in [0, 0.1) is 11.6 Å². The van der Waals surface area contributed by atoms with Gasteiger partial charge in [-0.05, 0) is 6.07 Å². The molecule has 0 radical (unpaired) electrons. The van der Waals surface area contributed by atoms with Gasteiger partial charge in [0.25, 0.3) is 0 Å². The van der Waals surface area contributed by atoms with Gasteiger partial charge in [-0.15, -0.1) is 0 Å². The summed E-state index contributed by atoms with van der Waals surface area (Å²) in [5.74, 6) is -2.38. The number of sulfonamides is 1. The summed E-state index contributed by atoms with van der Waals surface area (Å²) in [6, 6.07) is 2.35. The molecule has 0 saturated heterocycles. The van der Waals surface area contributed by atoms with Crippen LogP contribution in [0.2, 0.25) is 0 Å². The maximum Gasteiger partial charge on any atom is 0.229 e. The molecule has 15 heavy (non-hydrogen) atoms. The zero-order chi connectivity index (χ0) is 11.6. The first-order valence-corrected chi connectivity index (χ1v) is 5.89.